The van der Waals surface area contributed by atoms with Crippen LogP contribution in [0.15, 0.2) is 18.3 Å². The molecule has 0 radical (unpaired) electrons. The second-order valence-corrected chi connectivity index (χ2v) is 4.09. The number of nitrogens with one attached hydrogen (secondary N) is 2. The number of hydrogen-bond donors (Lipinski definition) is 3. The van der Waals surface area contributed by atoms with Gasteiger partial charge in [0.05, 0.1) is 18.4 Å². The summed E-state index contributed by atoms with van der Waals surface area (Å²) in [5.74, 6) is 1.18. The second-order valence-electron chi connectivity index (χ2n) is 4.09. The van der Waals surface area contributed by atoms with Crippen molar-refractivity contribution in [3.8, 4) is 0 Å². The number of anilines is 2. The number of amides is 1. The number of carbonyl (C=O) groups is 1. The Kier molecular flexibility index (Phi) is 3.36. The van der Waals surface area contributed by atoms with Crippen LogP contribution in [0.5, 0.6) is 0 Å². The molecule has 0 atom stereocenters. The normalized spacial score (nSPS) is 14.8. The molecule has 86 valence electrons. The molecular weight excluding hydrogens is 204 g/mol. The molecular formula is C11H16N4O. The smallest absolute Gasteiger partial charge is 0.238 e. The number of pyridine rings is 1. The van der Waals surface area contributed by atoms with Gasteiger partial charge in [-0.2, -0.15) is 0 Å². The van der Waals surface area contributed by atoms with Crippen molar-refractivity contribution in [3.05, 3.63) is 18.3 Å². The van der Waals surface area contributed by atoms with Crippen molar-refractivity contribution in [1.29, 1.82) is 0 Å². The first-order valence-electron chi connectivity index (χ1n) is 5.46. The number of aromatic nitrogens is 1. The maximum Gasteiger partial charge on any atom is 0.238 e. The first-order valence-corrected chi connectivity index (χ1v) is 5.46. The average molecular weight is 220 g/mol. The summed E-state index contributed by atoms with van der Waals surface area (Å²) < 4.78 is 0. The van der Waals surface area contributed by atoms with Gasteiger partial charge in [0.15, 0.2) is 0 Å². The average Bonchev–Trinajstić information content (AvgIpc) is 3.05. The zero-order chi connectivity index (χ0) is 11.4. The van der Waals surface area contributed by atoms with E-state index in [4.69, 9.17) is 5.73 Å². The van der Waals surface area contributed by atoms with Gasteiger partial charge in [-0.15, -0.1) is 0 Å². The quantitative estimate of drug-likeness (QED) is 0.679. The Morgan fingerprint density at radius 2 is 2.31 bits per heavy atom. The lowest BCUT2D eigenvalue weighted by Crippen LogP contribution is -2.29. The van der Waals surface area contributed by atoms with E-state index in [1.165, 1.54) is 12.8 Å². The van der Waals surface area contributed by atoms with E-state index in [1.807, 2.05) is 0 Å². The number of nitrogen functional groups attached to an aromatic ring is 1. The number of nitrogens with two attached hydrogens (primary N) is 1. The number of carbonyl (C=O) groups excluding carboxylic acids is 1. The Labute approximate surface area is 94.4 Å². The Bertz CT molecular complexity index is 359. The molecule has 2 rings (SSSR count). The third-order valence-corrected chi connectivity index (χ3v) is 2.49. The SMILES string of the molecule is Nc1ccc(NC(=O)CNCC2CC2)cn1. The van der Waals surface area contributed by atoms with E-state index in [9.17, 15) is 4.79 Å². The zero-order valence-electron chi connectivity index (χ0n) is 9.07. The van der Waals surface area contributed by atoms with E-state index >= 15 is 0 Å². The van der Waals surface area contributed by atoms with Crippen molar-refractivity contribution < 1.29 is 4.79 Å². The molecule has 4 N–H and O–H groups in total. The van der Waals surface area contributed by atoms with Crippen LogP contribution in [0.25, 0.3) is 0 Å². The molecule has 1 aliphatic carbocycles. The highest BCUT2D eigenvalue weighted by Crippen LogP contribution is 2.27. The summed E-state index contributed by atoms with van der Waals surface area (Å²) >= 11 is 0. The predicted octanol–water partition coefficient (Wildman–Crippen LogP) is 0.602. The molecule has 16 heavy (non-hydrogen) atoms. The Hall–Kier alpha value is -1.62. The molecule has 5 nitrogen and oxygen atoms in total. The standard InChI is InChI=1S/C11H16N4O/c12-10-4-3-9(6-14-10)15-11(16)7-13-5-8-1-2-8/h3-4,6,8,13H,1-2,5,7H2,(H2,12,14)(H,15,16). The summed E-state index contributed by atoms with van der Waals surface area (Å²) in [6.07, 6.45) is 4.13. The van der Waals surface area contributed by atoms with Gasteiger partial charge in [0.25, 0.3) is 0 Å². The number of hydrogen-bond acceptors (Lipinski definition) is 4. The fourth-order valence-corrected chi connectivity index (χ4v) is 1.40. The fourth-order valence-electron chi connectivity index (χ4n) is 1.40. The Morgan fingerprint density at radius 1 is 1.50 bits per heavy atom. The highest BCUT2D eigenvalue weighted by Gasteiger charge is 2.20. The molecule has 0 bridgehead atoms. The summed E-state index contributed by atoms with van der Waals surface area (Å²) in [6.45, 7) is 1.29. The van der Waals surface area contributed by atoms with Gasteiger partial charge in [0.2, 0.25) is 5.91 Å². The molecule has 0 saturated heterocycles. The monoisotopic (exact) mass is 220 g/mol. The summed E-state index contributed by atoms with van der Waals surface area (Å²) in [5.41, 5.74) is 6.12. The van der Waals surface area contributed by atoms with Crippen LogP contribution >= 0.6 is 0 Å². The van der Waals surface area contributed by atoms with Crippen LogP contribution in [0.3, 0.4) is 0 Å². The molecule has 5 heteroatoms. The van der Waals surface area contributed by atoms with Crippen LogP contribution in [0.1, 0.15) is 12.8 Å². The summed E-state index contributed by atoms with van der Waals surface area (Å²) in [5, 5.41) is 5.87. The fraction of sp³-hybridized carbons (Fsp3) is 0.455. The van der Waals surface area contributed by atoms with E-state index in [0.29, 0.717) is 18.1 Å². The summed E-state index contributed by atoms with van der Waals surface area (Å²) in [7, 11) is 0. The molecule has 1 saturated carbocycles. The maximum atomic E-state index is 11.5. The van der Waals surface area contributed by atoms with Crippen molar-refractivity contribution >= 4 is 17.4 Å². The number of nitrogens with zero attached hydrogens (tertiary/aromatic N) is 1. The highest BCUT2D eigenvalue weighted by molar-refractivity contribution is 5.92. The molecule has 1 aromatic heterocycles. The molecule has 1 amide bonds. The van der Waals surface area contributed by atoms with Crippen molar-refractivity contribution in [2.75, 3.05) is 24.1 Å². The van der Waals surface area contributed by atoms with E-state index in [-0.39, 0.29) is 5.91 Å². The molecule has 1 aliphatic rings. The third-order valence-electron chi connectivity index (χ3n) is 2.49. The molecule has 1 aromatic rings. The van der Waals surface area contributed by atoms with Gasteiger partial charge in [-0.1, -0.05) is 0 Å². The lowest BCUT2D eigenvalue weighted by atomic mass is 10.4. The minimum absolute atomic E-state index is 0.0489. The summed E-state index contributed by atoms with van der Waals surface area (Å²) in [4.78, 5) is 15.4. The van der Waals surface area contributed by atoms with Crippen molar-refractivity contribution in [1.82, 2.24) is 10.3 Å². The molecule has 0 unspecified atom stereocenters. The topological polar surface area (TPSA) is 80.0 Å². The third kappa shape index (κ3) is 3.51. The van der Waals surface area contributed by atoms with Gasteiger partial charge >= 0.3 is 0 Å². The summed E-state index contributed by atoms with van der Waals surface area (Å²) in [6, 6.07) is 3.40. The van der Waals surface area contributed by atoms with E-state index in [1.54, 1.807) is 18.3 Å². The first kappa shape index (κ1) is 10.9. The van der Waals surface area contributed by atoms with Gasteiger partial charge in [0.1, 0.15) is 5.82 Å². The van der Waals surface area contributed by atoms with Crippen molar-refractivity contribution in [2.24, 2.45) is 5.92 Å². The van der Waals surface area contributed by atoms with E-state index in [2.05, 4.69) is 15.6 Å². The van der Waals surface area contributed by atoms with Gasteiger partial charge in [-0.3, -0.25) is 4.79 Å². The minimum atomic E-state index is -0.0489. The molecule has 1 fully saturated rings. The van der Waals surface area contributed by atoms with Gasteiger partial charge < -0.3 is 16.4 Å². The molecule has 0 aliphatic heterocycles. The van der Waals surface area contributed by atoms with Gasteiger partial charge in [-0.25, -0.2) is 4.98 Å². The van der Waals surface area contributed by atoms with Crippen LogP contribution in [-0.4, -0.2) is 24.0 Å². The largest absolute Gasteiger partial charge is 0.384 e. The minimum Gasteiger partial charge on any atom is -0.384 e. The van der Waals surface area contributed by atoms with Crippen LogP contribution in [0.2, 0.25) is 0 Å². The Balaban J connectivity index is 1.70. The van der Waals surface area contributed by atoms with Crippen LogP contribution in [-0.2, 0) is 4.79 Å². The van der Waals surface area contributed by atoms with Gasteiger partial charge in [0, 0.05) is 0 Å². The maximum absolute atomic E-state index is 11.5. The second kappa shape index (κ2) is 4.94. The van der Waals surface area contributed by atoms with Crippen LogP contribution in [0.4, 0.5) is 11.5 Å². The first-order chi connectivity index (χ1) is 7.74. The van der Waals surface area contributed by atoms with Crippen LogP contribution < -0.4 is 16.4 Å². The zero-order valence-corrected chi connectivity index (χ0v) is 9.07. The Morgan fingerprint density at radius 3 is 2.94 bits per heavy atom. The lowest BCUT2D eigenvalue weighted by Gasteiger charge is -2.05. The molecule has 0 aromatic carbocycles. The molecule has 0 spiro atoms. The van der Waals surface area contributed by atoms with Gasteiger partial charge in [-0.05, 0) is 37.4 Å². The highest BCUT2D eigenvalue weighted by atomic mass is 16.1. The predicted molar refractivity (Wildman–Crippen MR) is 62.9 cm³/mol. The van der Waals surface area contributed by atoms with E-state index < -0.39 is 0 Å². The van der Waals surface area contributed by atoms with Crippen molar-refractivity contribution in [2.45, 2.75) is 12.8 Å². The van der Waals surface area contributed by atoms with Crippen LogP contribution in [0, 0.1) is 5.92 Å². The van der Waals surface area contributed by atoms with Crippen molar-refractivity contribution in [3.63, 3.8) is 0 Å². The lowest BCUT2D eigenvalue weighted by molar-refractivity contribution is -0.115. The number of rotatable bonds is 5. The molecule has 1 heterocycles. The van der Waals surface area contributed by atoms with E-state index in [0.717, 1.165) is 12.5 Å².